The van der Waals surface area contributed by atoms with E-state index in [0.29, 0.717) is 25.9 Å². The summed E-state index contributed by atoms with van der Waals surface area (Å²) in [5.74, 6) is -0.440. The molecule has 0 unspecified atom stereocenters. The fourth-order valence-corrected chi connectivity index (χ4v) is 3.53. The van der Waals surface area contributed by atoms with Gasteiger partial charge in [0.05, 0.1) is 25.3 Å². The minimum Gasteiger partial charge on any atom is -0.497 e. The Labute approximate surface area is 157 Å². The Morgan fingerprint density at radius 2 is 1.85 bits per heavy atom. The number of rotatable bonds is 7. The average molecular weight is 380 g/mol. The molecule has 0 radical (unpaired) electrons. The lowest BCUT2D eigenvalue weighted by atomic mass is 9.97. The number of nitrogens with zero attached hydrogens (tertiary/aromatic N) is 2. The average Bonchev–Trinajstić information content (AvgIpc) is 2.66. The molecule has 1 aromatic rings. The molecule has 1 N–H and O–H groups in total. The number of aliphatic carboxylic acids is 1. The molecule has 1 aliphatic heterocycles. The van der Waals surface area contributed by atoms with Crippen LogP contribution in [0.5, 0.6) is 5.75 Å². The van der Waals surface area contributed by atoms with Crippen LogP contribution in [0.25, 0.3) is 0 Å². The molecule has 142 valence electrons. The molecule has 1 fully saturated rings. The van der Waals surface area contributed by atoms with Gasteiger partial charge in [-0.1, -0.05) is 0 Å². The molecule has 0 bridgehead atoms. The summed E-state index contributed by atoms with van der Waals surface area (Å²) in [5.41, 5.74) is 0. The van der Waals surface area contributed by atoms with Gasteiger partial charge in [-0.3, -0.25) is 14.4 Å². The summed E-state index contributed by atoms with van der Waals surface area (Å²) in [5, 5.41) is 9.00. The number of thioether (sulfide) groups is 1. The summed E-state index contributed by atoms with van der Waals surface area (Å²) in [6, 6.07) is 7.44. The third-order valence-electron chi connectivity index (χ3n) is 4.42. The molecule has 8 heteroatoms. The highest BCUT2D eigenvalue weighted by atomic mass is 32.2. The first-order valence-electron chi connectivity index (χ1n) is 8.42. The van der Waals surface area contributed by atoms with Gasteiger partial charge < -0.3 is 19.6 Å². The third kappa shape index (κ3) is 5.66. The van der Waals surface area contributed by atoms with Gasteiger partial charge in [0, 0.05) is 25.0 Å². The molecule has 0 spiro atoms. The molecular formula is C18H24N2O5S. The van der Waals surface area contributed by atoms with E-state index in [1.807, 2.05) is 24.3 Å². The predicted octanol–water partition coefficient (Wildman–Crippen LogP) is 1.57. The van der Waals surface area contributed by atoms with Gasteiger partial charge in [-0.15, -0.1) is 11.8 Å². The quantitative estimate of drug-likeness (QED) is 0.723. The van der Waals surface area contributed by atoms with Crippen molar-refractivity contribution in [3.8, 4) is 5.75 Å². The predicted molar refractivity (Wildman–Crippen MR) is 98.3 cm³/mol. The second-order valence-corrected chi connectivity index (χ2v) is 7.26. The third-order valence-corrected chi connectivity index (χ3v) is 5.41. The number of carbonyl (C=O) groups excluding carboxylic acids is 2. The number of hydrogen-bond donors (Lipinski definition) is 1. The molecule has 26 heavy (non-hydrogen) atoms. The number of benzene rings is 1. The van der Waals surface area contributed by atoms with Crippen LogP contribution < -0.4 is 4.74 Å². The van der Waals surface area contributed by atoms with E-state index < -0.39 is 5.97 Å². The molecule has 1 saturated heterocycles. The Balaban J connectivity index is 1.75. The van der Waals surface area contributed by atoms with Crippen molar-refractivity contribution in [3.05, 3.63) is 24.3 Å². The topological polar surface area (TPSA) is 87.2 Å². The van der Waals surface area contributed by atoms with Crippen molar-refractivity contribution in [2.45, 2.75) is 17.7 Å². The molecule has 1 aliphatic rings. The number of likely N-dealkylation sites (N-methyl/N-ethyl adjacent to an activating group) is 1. The monoisotopic (exact) mass is 380 g/mol. The van der Waals surface area contributed by atoms with Crippen molar-refractivity contribution in [3.63, 3.8) is 0 Å². The number of methoxy groups -OCH3 is 1. The van der Waals surface area contributed by atoms with Crippen LogP contribution in [0, 0.1) is 5.92 Å². The Bertz CT molecular complexity index is 641. The van der Waals surface area contributed by atoms with Gasteiger partial charge in [0.1, 0.15) is 5.75 Å². The van der Waals surface area contributed by atoms with Gasteiger partial charge in [-0.05, 0) is 37.1 Å². The van der Waals surface area contributed by atoms with E-state index in [-0.39, 0.29) is 30.0 Å². The molecule has 1 heterocycles. The van der Waals surface area contributed by atoms with Gasteiger partial charge in [-0.25, -0.2) is 0 Å². The summed E-state index contributed by atoms with van der Waals surface area (Å²) >= 11 is 1.41. The SMILES string of the molecule is COc1ccc(SCC(=O)N(C)CC(=O)N2CCC(C(=O)O)CC2)cc1. The molecule has 1 aromatic carbocycles. The molecular weight excluding hydrogens is 356 g/mol. The lowest BCUT2D eigenvalue weighted by Gasteiger charge is -2.31. The first-order chi connectivity index (χ1) is 12.4. The van der Waals surface area contributed by atoms with Crippen molar-refractivity contribution in [2.75, 3.05) is 39.5 Å². The van der Waals surface area contributed by atoms with Crippen LogP contribution in [0.1, 0.15) is 12.8 Å². The number of carboxylic acid groups (broad SMARTS) is 1. The van der Waals surface area contributed by atoms with Gasteiger partial charge in [0.2, 0.25) is 11.8 Å². The van der Waals surface area contributed by atoms with Crippen LogP contribution in [0.4, 0.5) is 0 Å². The van der Waals surface area contributed by atoms with Crippen LogP contribution in [0.2, 0.25) is 0 Å². The van der Waals surface area contributed by atoms with Crippen molar-refractivity contribution in [1.29, 1.82) is 0 Å². The number of amides is 2. The number of hydrogen-bond acceptors (Lipinski definition) is 5. The highest BCUT2D eigenvalue weighted by molar-refractivity contribution is 8.00. The zero-order valence-corrected chi connectivity index (χ0v) is 15.8. The Hall–Kier alpha value is -2.22. The summed E-state index contributed by atoms with van der Waals surface area (Å²) < 4.78 is 5.09. The second kappa shape index (κ2) is 9.47. The normalized spacial score (nSPS) is 14.8. The van der Waals surface area contributed by atoms with Crippen LogP contribution >= 0.6 is 11.8 Å². The lowest BCUT2D eigenvalue weighted by molar-refractivity contribution is -0.146. The fraction of sp³-hybridized carbons (Fsp3) is 0.500. The highest BCUT2D eigenvalue weighted by Gasteiger charge is 2.27. The number of carbonyl (C=O) groups is 3. The number of carboxylic acids is 1. The van der Waals surface area contributed by atoms with Crippen LogP contribution in [-0.2, 0) is 14.4 Å². The Kier molecular flexibility index (Phi) is 7.32. The van der Waals surface area contributed by atoms with Crippen molar-refractivity contribution in [1.82, 2.24) is 9.80 Å². The number of piperidine rings is 1. The smallest absolute Gasteiger partial charge is 0.306 e. The molecule has 0 aromatic heterocycles. The van der Waals surface area contributed by atoms with E-state index in [4.69, 9.17) is 9.84 Å². The summed E-state index contributed by atoms with van der Waals surface area (Å²) in [6.07, 6.45) is 0.929. The zero-order valence-electron chi connectivity index (χ0n) is 15.0. The van der Waals surface area contributed by atoms with E-state index >= 15 is 0 Å². The maximum Gasteiger partial charge on any atom is 0.306 e. The zero-order chi connectivity index (χ0) is 19.1. The fourth-order valence-electron chi connectivity index (χ4n) is 2.69. The van der Waals surface area contributed by atoms with E-state index in [1.54, 1.807) is 19.1 Å². The number of likely N-dealkylation sites (tertiary alicyclic amines) is 1. The Morgan fingerprint density at radius 3 is 2.38 bits per heavy atom. The van der Waals surface area contributed by atoms with E-state index in [2.05, 4.69) is 0 Å². The first kappa shape index (κ1) is 20.1. The molecule has 7 nitrogen and oxygen atoms in total. The summed E-state index contributed by atoms with van der Waals surface area (Å²) in [7, 11) is 3.21. The van der Waals surface area contributed by atoms with Crippen LogP contribution in [0.15, 0.2) is 29.2 Å². The summed E-state index contributed by atoms with van der Waals surface area (Å²) in [6.45, 7) is 0.872. The van der Waals surface area contributed by atoms with E-state index in [1.165, 1.54) is 16.7 Å². The van der Waals surface area contributed by atoms with Crippen LogP contribution in [-0.4, -0.2) is 72.2 Å². The van der Waals surface area contributed by atoms with Gasteiger partial charge in [0.25, 0.3) is 0 Å². The van der Waals surface area contributed by atoms with Crippen molar-refractivity contribution < 1.29 is 24.2 Å². The number of ether oxygens (including phenoxy) is 1. The minimum absolute atomic E-state index is 0.0136. The second-order valence-electron chi connectivity index (χ2n) is 6.21. The van der Waals surface area contributed by atoms with Crippen LogP contribution in [0.3, 0.4) is 0 Å². The maximum atomic E-state index is 12.3. The molecule has 0 saturated carbocycles. The van der Waals surface area contributed by atoms with Crippen molar-refractivity contribution >= 4 is 29.5 Å². The largest absolute Gasteiger partial charge is 0.497 e. The van der Waals surface area contributed by atoms with Gasteiger partial charge in [-0.2, -0.15) is 0 Å². The molecule has 2 amide bonds. The maximum absolute atomic E-state index is 12.3. The molecule has 2 rings (SSSR count). The minimum atomic E-state index is -0.806. The summed E-state index contributed by atoms with van der Waals surface area (Å²) in [4.78, 5) is 39.5. The van der Waals surface area contributed by atoms with Gasteiger partial charge >= 0.3 is 5.97 Å². The lowest BCUT2D eigenvalue weighted by Crippen LogP contribution is -2.45. The standard InChI is InChI=1S/C18H24N2O5S/c1-19(11-16(21)20-9-7-13(8-10-20)18(23)24)17(22)12-26-15-5-3-14(25-2)4-6-15/h3-6,13H,7-12H2,1-2H3,(H,23,24). The highest BCUT2D eigenvalue weighted by Crippen LogP contribution is 2.21. The van der Waals surface area contributed by atoms with Gasteiger partial charge in [0.15, 0.2) is 0 Å². The van der Waals surface area contributed by atoms with E-state index in [0.717, 1.165) is 10.6 Å². The molecule has 0 aliphatic carbocycles. The Morgan fingerprint density at radius 1 is 1.23 bits per heavy atom. The first-order valence-corrected chi connectivity index (χ1v) is 9.40. The van der Waals surface area contributed by atoms with Crippen molar-refractivity contribution in [2.24, 2.45) is 5.92 Å². The van der Waals surface area contributed by atoms with E-state index in [9.17, 15) is 14.4 Å². The molecule has 0 atom stereocenters.